The van der Waals surface area contributed by atoms with Gasteiger partial charge in [-0.15, -0.1) is 0 Å². The average molecular weight is 153 g/mol. The molecular weight excluding hydrogens is 138 g/mol. The molecule has 0 radical (unpaired) electrons. The lowest BCUT2D eigenvalue weighted by molar-refractivity contribution is -0.124. The first kappa shape index (κ1) is 9.95. The van der Waals surface area contributed by atoms with Crippen molar-refractivity contribution in [3.05, 3.63) is 23.8 Å². The van der Waals surface area contributed by atoms with Crippen molar-refractivity contribution in [3.63, 3.8) is 0 Å². The summed E-state index contributed by atoms with van der Waals surface area (Å²) in [6.07, 6.45) is 5.47. The van der Waals surface area contributed by atoms with Crippen molar-refractivity contribution in [1.29, 1.82) is 0 Å². The van der Waals surface area contributed by atoms with Gasteiger partial charge in [0, 0.05) is 19.7 Å². The maximum absolute atomic E-state index is 11.3. The smallest absolute Gasteiger partial charge is 0.252 e. The van der Waals surface area contributed by atoms with E-state index in [0.717, 1.165) is 5.57 Å². The maximum atomic E-state index is 11.3. The number of rotatable bonds is 2. The summed E-state index contributed by atoms with van der Waals surface area (Å²) in [7, 11) is 3.49. The molecule has 0 rings (SSSR count). The number of hydrogen-bond acceptors (Lipinski definition) is 1. The van der Waals surface area contributed by atoms with E-state index in [9.17, 15) is 4.79 Å². The first-order chi connectivity index (χ1) is 5.13. The highest BCUT2D eigenvalue weighted by Gasteiger charge is 2.05. The van der Waals surface area contributed by atoms with Crippen molar-refractivity contribution in [2.24, 2.45) is 0 Å². The molecule has 2 nitrogen and oxygen atoms in total. The molecule has 2 heteroatoms. The monoisotopic (exact) mass is 153 g/mol. The summed E-state index contributed by atoms with van der Waals surface area (Å²) in [6, 6.07) is 0. The van der Waals surface area contributed by atoms with Gasteiger partial charge in [0.25, 0.3) is 5.91 Å². The third kappa shape index (κ3) is 3.03. The molecule has 1 amide bonds. The van der Waals surface area contributed by atoms with E-state index < -0.39 is 0 Å². The van der Waals surface area contributed by atoms with Crippen LogP contribution in [-0.2, 0) is 4.79 Å². The molecule has 0 saturated heterocycles. The van der Waals surface area contributed by atoms with Gasteiger partial charge < -0.3 is 4.90 Å². The molecule has 0 aliphatic rings. The number of amides is 1. The lowest BCUT2D eigenvalue weighted by Gasteiger charge is -2.09. The van der Waals surface area contributed by atoms with Crippen molar-refractivity contribution in [2.45, 2.75) is 13.8 Å². The van der Waals surface area contributed by atoms with Gasteiger partial charge in [0.15, 0.2) is 0 Å². The highest BCUT2D eigenvalue weighted by molar-refractivity contribution is 5.95. The van der Waals surface area contributed by atoms with Crippen LogP contribution in [0.1, 0.15) is 13.8 Å². The summed E-state index contributed by atoms with van der Waals surface area (Å²) >= 11 is 0. The summed E-state index contributed by atoms with van der Waals surface area (Å²) < 4.78 is 0. The van der Waals surface area contributed by atoms with Crippen LogP contribution in [0, 0.1) is 0 Å². The van der Waals surface area contributed by atoms with Crippen molar-refractivity contribution >= 4 is 5.91 Å². The van der Waals surface area contributed by atoms with E-state index >= 15 is 0 Å². The average Bonchev–Trinajstić information content (AvgIpc) is 1.98. The van der Waals surface area contributed by atoms with E-state index in [-0.39, 0.29) is 5.91 Å². The molecule has 0 bridgehead atoms. The van der Waals surface area contributed by atoms with E-state index in [4.69, 9.17) is 0 Å². The van der Waals surface area contributed by atoms with Crippen LogP contribution in [0.25, 0.3) is 0 Å². The topological polar surface area (TPSA) is 20.3 Å². The third-order valence-electron chi connectivity index (χ3n) is 1.31. The zero-order valence-corrected chi connectivity index (χ0v) is 7.59. The number of carbonyl (C=O) groups is 1. The summed E-state index contributed by atoms with van der Waals surface area (Å²) in [6.45, 7) is 3.75. The van der Waals surface area contributed by atoms with Crippen molar-refractivity contribution in [3.8, 4) is 0 Å². The molecule has 62 valence electrons. The fourth-order valence-electron chi connectivity index (χ4n) is 0.729. The van der Waals surface area contributed by atoms with E-state index in [2.05, 4.69) is 0 Å². The molecule has 0 saturated carbocycles. The number of hydrogen-bond donors (Lipinski definition) is 0. The van der Waals surface area contributed by atoms with Crippen LogP contribution in [0.2, 0.25) is 0 Å². The van der Waals surface area contributed by atoms with Gasteiger partial charge in [-0.1, -0.05) is 18.2 Å². The van der Waals surface area contributed by atoms with Crippen LogP contribution < -0.4 is 0 Å². The Morgan fingerprint density at radius 2 is 1.82 bits per heavy atom. The molecule has 11 heavy (non-hydrogen) atoms. The van der Waals surface area contributed by atoms with Gasteiger partial charge in [0.1, 0.15) is 0 Å². The summed E-state index contributed by atoms with van der Waals surface area (Å²) in [5.41, 5.74) is 0.734. The molecule has 0 atom stereocenters. The standard InChI is InChI=1S/C9H15NO/c1-5-7-8(6-2)9(11)10(3)4/h5-7H,1-4H3/b7-5-,8-6+. The molecule has 0 aromatic rings. The Bertz CT molecular complexity index is 190. The van der Waals surface area contributed by atoms with Crippen molar-refractivity contribution < 1.29 is 4.79 Å². The van der Waals surface area contributed by atoms with E-state index in [1.165, 1.54) is 0 Å². The Kier molecular flexibility index (Phi) is 4.27. The van der Waals surface area contributed by atoms with Gasteiger partial charge in [0.05, 0.1) is 0 Å². The molecule has 0 aliphatic carbocycles. The van der Waals surface area contributed by atoms with Crippen LogP contribution in [0.4, 0.5) is 0 Å². The molecule has 0 fully saturated rings. The minimum absolute atomic E-state index is 0.0469. The fourth-order valence-corrected chi connectivity index (χ4v) is 0.729. The highest BCUT2D eigenvalue weighted by atomic mass is 16.2. The Morgan fingerprint density at radius 1 is 1.27 bits per heavy atom. The van der Waals surface area contributed by atoms with E-state index in [1.807, 2.05) is 32.1 Å². The molecule has 0 heterocycles. The van der Waals surface area contributed by atoms with Gasteiger partial charge >= 0.3 is 0 Å². The highest BCUT2D eigenvalue weighted by Crippen LogP contribution is 2.00. The van der Waals surface area contributed by atoms with Crippen LogP contribution in [0.3, 0.4) is 0 Å². The zero-order valence-electron chi connectivity index (χ0n) is 7.59. The second-order valence-electron chi connectivity index (χ2n) is 2.44. The van der Waals surface area contributed by atoms with Crippen LogP contribution >= 0.6 is 0 Å². The second kappa shape index (κ2) is 4.72. The Balaban J connectivity index is 4.41. The third-order valence-corrected chi connectivity index (χ3v) is 1.31. The fraction of sp³-hybridized carbons (Fsp3) is 0.444. The van der Waals surface area contributed by atoms with Crippen molar-refractivity contribution in [2.75, 3.05) is 14.1 Å². The van der Waals surface area contributed by atoms with Crippen molar-refractivity contribution in [1.82, 2.24) is 4.90 Å². The largest absolute Gasteiger partial charge is 0.345 e. The quantitative estimate of drug-likeness (QED) is 0.436. The molecule has 0 aliphatic heterocycles. The first-order valence-electron chi connectivity index (χ1n) is 3.64. The van der Waals surface area contributed by atoms with Gasteiger partial charge in [-0.25, -0.2) is 0 Å². The van der Waals surface area contributed by atoms with Gasteiger partial charge in [0.2, 0.25) is 0 Å². The number of likely N-dealkylation sites (N-methyl/N-ethyl adjacent to an activating group) is 1. The molecule has 0 aromatic carbocycles. The van der Waals surface area contributed by atoms with Gasteiger partial charge in [-0.2, -0.15) is 0 Å². The Labute approximate surface area is 68.2 Å². The SMILES string of the molecule is C/C=C\C(=C/C)C(=O)N(C)C. The maximum Gasteiger partial charge on any atom is 0.252 e. The lowest BCUT2D eigenvalue weighted by Crippen LogP contribution is -2.22. The Hall–Kier alpha value is -1.05. The lowest BCUT2D eigenvalue weighted by atomic mass is 10.2. The predicted octanol–water partition coefficient (Wildman–Crippen LogP) is 1.60. The normalized spacial score (nSPS) is 12.2. The summed E-state index contributed by atoms with van der Waals surface area (Å²) in [5, 5.41) is 0. The van der Waals surface area contributed by atoms with Crippen LogP contribution in [-0.4, -0.2) is 24.9 Å². The van der Waals surface area contributed by atoms with Crippen LogP contribution in [0.5, 0.6) is 0 Å². The number of allylic oxidation sites excluding steroid dienone is 2. The number of nitrogens with zero attached hydrogens (tertiary/aromatic N) is 1. The van der Waals surface area contributed by atoms with Gasteiger partial charge in [-0.05, 0) is 13.8 Å². The summed E-state index contributed by atoms with van der Waals surface area (Å²) in [5.74, 6) is 0.0469. The van der Waals surface area contributed by atoms with Gasteiger partial charge in [-0.3, -0.25) is 4.79 Å². The van der Waals surface area contributed by atoms with Crippen LogP contribution in [0.15, 0.2) is 23.8 Å². The molecule has 0 aromatic heterocycles. The minimum Gasteiger partial charge on any atom is -0.345 e. The summed E-state index contributed by atoms with van der Waals surface area (Å²) in [4.78, 5) is 12.8. The molecule has 0 spiro atoms. The first-order valence-corrected chi connectivity index (χ1v) is 3.64. The second-order valence-corrected chi connectivity index (χ2v) is 2.44. The number of carbonyl (C=O) groups excluding carboxylic acids is 1. The minimum atomic E-state index is 0.0469. The molecular formula is C9H15NO. The molecule has 0 unspecified atom stereocenters. The molecule has 0 N–H and O–H groups in total. The Morgan fingerprint density at radius 3 is 2.09 bits per heavy atom. The zero-order chi connectivity index (χ0) is 8.85. The van der Waals surface area contributed by atoms with E-state index in [0.29, 0.717) is 0 Å². The van der Waals surface area contributed by atoms with E-state index in [1.54, 1.807) is 19.0 Å². The predicted molar refractivity (Wildman–Crippen MR) is 47.3 cm³/mol.